The van der Waals surface area contributed by atoms with Crippen LogP contribution in [0.25, 0.3) is 0 Å². The van der Waals surface area contributed by atoms with Crippen molar-refractivity contribution in [1.82, 2.24) is 9.88 Å². The van der Waals surface area contributed by atoms with Crippen LogP contribution in [-0.4, -0.2) is 33.4 Å². The van der Waals surface area contributed by atoms with Crippen molar-refractivity contribution in [2.24, 2.45) is 0 Å². The molecule has 6 heteroatoms. The second kappa shape index (κ2) is 4.44. The quantitative estimate of drug-likeness (QED) is 0.874. The fourth-order valence-corrected chi connectivity index (χ4v) is 3.22. The number of likely N-dealkylation sites (tertiary alicyclic amines) is 1. The largest absolute Gasteiger partial charge is 0.476 e. The number of aromatic carboxylic acids is 1. The lowest BCUT2D eigenvalue weighted by molar-refractivity contribution is -0.129. The first kappa shape index (κ1) is 12.0. The summed E-state index contributed by atoms with van der Waals surface area (Å²) in [4.78, 5) is 29.0. The van der Waals surface area contributed by atoms with E-state index < -0.39 is 5.97 Å². The highest BCUT2D eigenvalue weighted by Crippen LogP contribution is 2.35. The zero-order chi connectivity index (χ0) is 12.6. The second-order valence-corrected chi connectivity index (χ2v) is 5.37. The monoisotopic (exact) mass is 254 g/mol. The first-order valence-electron chi connectivity index (χ1n) is 5.48. The van der Waals surface area contributed by atoms with Crippen LogP contribution in [0.2, 0.25) is 0 Å². The van der Waals surface area contributed by atoms with E-state index >= 15 is 0 Å². The van der Waals surface area contributed by atoms with Crippen LogP contribution < -0.4 is 0 Å². The van der Waals surface area contributed by atoms with E-state index in [1.165, 1.54) is 18.3 Å². The Labute approximate surface area is 103 Å². The van der Waals surface area contributed by atoms with Crippen molar-refractivity contribution in [3.63, 3.8) is 0 Å². The number of amides is 1. The van der Waals surface area contributed by atoms with E-state index in [1.54, 1.807) is 11.8 Å². The molecule has 0 spiro atoms. The minimum atomic E-state index is -1.00. The minimum Gasteiger partial charge on any atom is -0.476 e. The van der Waals surface area contributed by atoms with Crippen molar-refractivity contribution < 1.29 is 14.7 Å². The van der Waals surface area contributed by atoms with Crippen molar-refractivity contribution in [3.05, 3.63) is 15.6 Å². The van der Waals surface area contributed by atoms with E-state index in [1.807, 2.05) is 0 Å². The highest BCUT2D eigenvalue weighted by atomic mass is 32.1. The van der Waals surface area contributed by atoms with Crippen LogP contribution in [0, 0.1) is 6.92 Å². The van der Waals surface area contributed by atoms with Gasteiger partial charge in [0.1, 0.15) is 5.01 Å². The van der Waals surface area contributed by atoms with Gasteiger partial charge in [0.25, 0.3) is 0 Å². The van der Waals surface area contributed by atoms with Crippen LogP contribution in [0.15, 0.2) is 0 Å². The Morgan fingerprint density at radius 1 is 1.53 bits per heavy atom. The van der Waals surface area contributed by atoms with Gasteiger partial charge in [-0.3, -0.25) is 4.79 Å². The Morgan fingerprint density at radius 3 is 2.76 bits per heavy atom. The maximum atomic E-state index is 11.4. The third kappa shape index (κ3) is 2.17. The fourth-order valence-electron chi connectivity index (χ4n) is 2.16. The number of carbonyl (C=O) groups excluding carboxylic acids is 1. The maximum absolute atomic E-state index is 11.4. The van der Waals surface area contributed by atoms with Crippen molar-refractivity contribution >= 4 is 23.2 Å². The van der Waals surface area contributed by atoms with Crippen LogP contribution in [0.4, 0.5) is 0 Å². The van der Waals surface area contributed by atoms with Crippen LogP contribution in [0.3, 0.4) is 0 Å². The smallest absolute Gasteiger partial charge is 0.355 e. The summed E-state index contributed by atoms with van der Waals surface area (Å²) in [7, 11) is 0. The maximum Gasteiger partial charge on any atom is 0.355 e. The van der Waals surface area contributed by atoms with Crippen molar-refractivity contribution in [2.45, 2.75) is 32.7 Å². The van der Waals surface area contributed by atoms with Gasteiger partial charge >= 0.3 is 5.97 Å². The van der Waals surface area contributed by atoms with Gasteiger partial charge in [-0.2, -0.15) is 0 Å². The van der Waals surface area contributed by atoms with Gasteiger partial charge in [-0.05, 0) is 19.8 Å². The van der Waals surface area contributed by atoms with Crippen LogP contribution in [-0.2, 0) is 4.79 Å². The lowest BCUT2D eigenvalue weighted by Crippen LogP contribution is -2.28. The molecule has 0 aliphatic carbocycles. The molecule has 17 heavy (non-hydrogen) atoms. The summed E-state index contributed by atoms with van der Waals surface area (Å²) in [6.45, 7) is 4.02. The molecule has 1 aliphatic rings. The van der Waals surface area contributed by atoms with Gasteiger partial charge in [-0.1, -0.05) is 0 Å². The third-order valence-electron chi connectivity index (χ3n) is 2.96. The number of carbonyl (C=O) groups is 2. The number of carboxylic acid groups (broad SMARTS) is 1. The lowest BCUT2D eigenvalue weighted by Gasteiger charge is -2.20. The molecule has 1 saturated heterocycles. The molecule has 1 aromatic heterocycles. The van der Waals surface area contributed by atoms with Gasteiger partial charge in [0.05, 0.1) is 6.04 Å². The molecule has 0 aromatic carbocycles. The molecular formula is C11H14N2O3S. The molecule has 1 aromatic rings. The zero-order valence-corrected chi connectivity index (χ0v) is 10.6. The Morgan fingerprint density at radius 2 is 2.24 bits per heavy atom. The van der Waals surface area contributed by atoms with Gasteiger partial charge in [0.2, 0.25) is 5.91 Å². The molecule has 0 radical (unpaired) electrons. The van der Waals surface area contributed by atoms with Gasteiger partial charge < -0.3 is 10.0 Å². The number of rotatable bonds is 2. The molecule has 2 heterocycles. The highest BCUT2D eigenvalue weighted by Gasteiger charge is 2.31. The summed E-state index contributed by atoms with van der Waals surface area (Å²) < 4.78 is 0. The number of hydrogen-bond acceptors (Lipinski definition) is 4. The average molecular weight is 254 g/mol. The van der Waals surface area contributed by atoms with Gasteiger partial charge in [0, 0.05) is 18.3 Å². The van der Waals surface area contributed by atoms with E-state index in [0.29, 0.717) is 4.88 Å². The van der Waals surface area contributed by atoms with E-state index in [-0.39, 0.29) is 17.6 Å². The van der Waals surface area contributed by atoms with Gasteiger partial charge in [-0.25, -0.2) is 9.78 Å². The molecule has 92 valence electrons. The summed E-state index contributed by atoms with van der Waals surface area (Å²) in [6, 6.07) is -0.0377. The van der Waals surface area contributed by atoms with Crippen molar-refractivity contribution in [1.29, 1.82) is 0 Å². The summed E-state index contributed by atoms with van der Waals surface area (Å²) in [5.41, 5.74) is 0.111. The molecular weight excluding hydrogens is 240 g/mol. The van der Waals surface area contributed by atoms with Crippen LogP contribution in [0.1, 0.15) is 46.2 Å². The molecule has 1 fully saturated rings. The Bertz CT molecular complexity index is 469. The molecule has 5 nitrogen and oxygen atoms in total. The van der Waals surface area contributed by atoms with Gasteiger partial charge in [-0.15, -0.1) is 11.3 Å². The summed E-state index contributed by atoms with van der Waals surface area (Å²) in [5, 5.41) is 9.70. The number of thiazole rings is 1. The van der Waals surface area contributed by atoms with Crippen LogP contribution >= 0.6 is 11.3 Å². The number of aryl methyl sites for hydroxylation is 1. The Hall–Kier alpha value is -1.43. The first-order valence-corrected chi connectivity index (χ1v) is 6.30. The van der Waals surface area contributed by atoms with Gasteiger partial charge in [0.15, 0.2) is 5.69 Å². The van der Waals surface area contributed by atoms with Crippen molar-refractivity contribution in [3.8, 4) is 0 Å². The minimum absolute atomic E-state index is 0.0252. The number of nitrogens with zero attached hydrogens (tertiary/aromatic N) is 2. The lowest BCUT2D eigenvalue weighted by atomic mass is 10.2. The summed E-state index contributed by atoms with van der Waals surface area (Å²) in [5.74, 6) is -0.977. The number of carboxylic acids is 1. The van der Waals surface area contributed by atoms with Crippen LogP contribution in [0.5, 0.6) is 0 Å². The predicted molar refractivity (Wildman–Crippen MR) is 63.2 cm³/mol. The number of hydrogen-bond donors (Lipinski definition) is 1. The summed E-state index contributed by atoms with van der Waals surface area (Å²) in [6.07, 6.45) is 1.82. The molecule has 1 aliphatic heterocycles. The normalized spacial score (nSPS) is 19.6. The van der Waals surface area contributed by atoms with E-state index in [0.717, 1.165) is 24.4 Å². The predicted octanol–water partition coefficient (Wildman–Crippen LogP) is 1.83. The first-order chi connectivity index (χ1) is 8.00. The Kier molecular flexibility index (Phi) is 3.15. The standard InChI is InChI=1S/C11H14N2O3S/c1-6-9(11(15)16)12-10(17-6)8-4-3-5-13(8)7(2)14/h8H,3-5H2,1-2H3,(H,15,16). The molecule has 0 bridgehead atoms. The second-order valence-electron chi connectivity index (χ2n) is 4.13. The SMILES string of the molecule is CC(=O)N1CCCC1c1nc(C(=O)O)c(C)s1. The number of aromatic nitrogens is 1. The fraction of sp³-hybridized carbons (Fsp3) is 0.545. The zero-order valence-electron chi connectivity index (χ0n) is 9.77. The third-order valence-corrected chi connectivity index (χ3v) is 4.03. The molecule has 1 unspecified atom stereocenters. The Balaban J connectivity index is 2.31. The average Bonchev–Trinajstić information content (AvgIpc) is 2.82. The molecule has 0 saturated carbocycles. The highest BCUT2D eigenvalue weighted by molar-refractivity contribution is 7.12. The molecule has 1 atom stereocenters. The topological polar surface area (TPSA) is 70.5 Å². The molecule has 2 rings (SSSR count). The summed E-state index contributed by atoms with van der Waals surface area (Å²) >= 11 is 1.38. The van der Waals surface area contributed by atoms with E-state index in [2.05, 4.69) is 4.98 Å². The van der Waals surface area contributed by atoms with E-state index in [9.17, 15) is 9.59 Å². The van der Waals surface area contributed by atoms with E-state index in [4.69, 9.17) is 5.11 Å². The van der Waals surface area contributed by atoms with Crippen molar-refractivity contribution in [2.75, 3.05) is 6.54 Å². The molecule has 1 amide bonds. The molecule has 1 N–H and O–H groups in total.